The molecule has 1 saturated heterocycles. The number of hydrogen-bond donors (Lipinski definition) is 0. The summed E-state index contributed by atoms with van der Waals surface area (Å²) in [5, 5.41) is 0. The highest BCUT2D eigenvalue weighted by Gasteiger charge is 2.21. The minimum Gasteiger partial charge on any atom is -0.344 e. The predicted octanol–water partition coefficient (Wildman–Crippen LogP) is 3.70. The lowest BCUT2D eigenvalue weighted by Gasteiger charge is -2.26. The minimum absolute atomic E-state index is 0.225. The third-order valence-electron chi connectivity index (χ3n) is 4.52. The average Bonchev–Trinajstić information content (AvgIpc) is 3.00. The van der Waals surface area contributed by atoms with Gasteiger partial charge < -0.3 is 9.80 Å². The molecule has 1 heterocycles. The number of unbranched alkanes of at least 4 members (excludes halogenated alkanes) is 2. The van der Waals surface area contributed by atoms with Gasteiger partial charge in [-0.2, -0.15) is 0 Å². The molecule has 0 spiro atoms. The maximum atomic E-state index is 12.6. The van der Waals surface area contributed by atoms with Crippen molar-refractivity contribution in [2.75, 3.05) is 33.2 Å². The van der Waals surface area contributed by atoms with E-state index in [2.05, 4.69) is 18.4 Å². The number of carbonyl (C=O) groups excluding carboxylic acids is 1. The molecule has 3 heteroatoms. The van der Waals surface area contributed by atoms with Crippen LogP contribution in [-0.2, 0) is 4.79 Å². The molecule has 21 heavy (non-hydrogen) atoms. The number of likely N-dealkylation sites (N-methyl/N-ethyl adjacent to an activating group) is 1. The monoisotopic (exact) mass is 294 g/mol. The molecule has 1 rings (SSSR count). The third kappa shape index (κ3) is 7.12. The van der Waals surface area contributed by atoms with Crippen molar-refractivity contribution in [2.45, 2.75) is 58.3 Å². The van der Waals surface area contributed by atoms with Crippen LogP contribution in [0.2, 0.25) is 0 Å². The zero-order valence-electron chi connectivity index (χ0n) is 14.1. The van der Waals surface area contributed by atoms with Crippen molar-refractivity contribution >= 4 is 5.91 Å². The first-order valence-electron chi connectivity index (χ1n) is 8.77. The van der Waals surface area contributed by atoms with E-state index >= 15 is 0 Å². The molecule has 0 radical (unpaired) electrons. The van der Waals surface area contributed by atoms with Gasteiger partial charge in [-0.15, -0.1) is 6.58 Å². The van der Waals surface area contributed by atoms with Gasteiger partial charge in [0.2, 0.25) is 5.91 Å². The quantitative estimate of drug-likeness (QED) is 0.428. The topological polar surface area (TPSA) is 23.6 Å². The van der Waals surface area contributed by atoms with Crippen molar-refractivity contribution in [3.05, 3.63) is 12.7 Å². The second kappa shape index (κ2) is 10.8. The van der Waals surface area contributed by atoms with Crippen molar-refractivity contribution in [1.82, 2.24) is 9.80 Å². The number of hydrogen-bond acceptors (Lipinski definition) is 2. The van der Waals surface area contributed by atoms with Crippen LogP contribution < -0.4 is 0 Å². The number of rotatable bonds is 11. The lowest BCUT2D eigenvalue weighted by Crippen LogP contribution is -2.38. The summed E-state index contributed by atoms with van der Waals surface area (Å²) in [4.78, 5) is 17.0. The second-order valence-corrected chi connectivity index (χ2v) is 6.37. The Morgan fingerprint density at radius 3 is 2.62 bits per heavy atom. The van der Waals surface area contributed by atoms with Crippen LogP contribution in [0.1, 0.15) is 58.3 Å². The standard InChI is InChI=1S/C18H34N2O/c1-4-6-7-8-12-17(11-5-2)18(21)19(3)15-16-20-13-9-10-14-20/h4,17H,1,5-16H2,2-3H3/t17-/m0/s1. The van der Waals surface area contributed by atoms with Gasteiger partial charge in [-0.05, 0) is 51.6 Å². The Morgan fingerprint density at radius 2 is 2.00 bits per heavy atom. The summed E-state index contributed by atoms with van der Waals surface area (Å²) in [6.07, 6.45) is 11.1. The van der Waals surface area contributed by atoms with Crippen LogP contribution in [-0.4, -0.2) is 48.9 Å². The van der Waals surface area contributed by atoms with E-state index < -0.39 is 0 Å². The average molecular weight is 294 g/mol. The Hall–Kier alpha value is -0.830. The fourth-order valence-electron chi connectivity index (χ4n) is 3.14. The number of nitrogens with zero attached hydrogens (tertiary/aromatic N) is 2. The Labute approximate surface area is 131 Å². The molecule has 122 valence electrons. The van der Waals surface area contributed by atoms with E-state index in [1.165, 1.54) is 25.9 Å². The molecule has 0 unspecified atom stereocenters. The van der Waals surface area contributed by atoms with Crippen molar-refractivity contribution < 1.29 is 4.79 Å². The van der Waals surface area contributed by atoms with Crippen LogP contribution in [0.3, 0.4) is 0 Å². The number of carbonyl (C=O) groups is 1. The first kappa shape index (κ1) is 18.2. The maximum absolute atomic E-state index is 12.6. The fourth-order valence-corrected chi connectivity index (χ4v) is 3.14. The first-order valence-corrected chi connectivity index (χ1v) is 8.77. The van der Waals surface area contributed by atoms with E-state index in [0.29, 0.717) is 5.91 Å². The van der Waals surface area contributed by atoms with Gasteiger partial charge in [0, 0.05) is 26.1 Å². The molecule has 0 aromatic carbocycles. The van der Waals surface area contributed by atoms with Crippen LogP contribution in [0, 0.1) is 5.92 Å². The molecular weight excluding hydrogens is 260 g/mol. The van der Waals surface area contributed by atoms with Gasteiger partial charge >= 0.3 is 0 Å². The van der Waals surface area contributed by atoms with Gasteiger partial charge in [-0.25, -0.2) is 0 Å². The molecule has 1 aliphatic heterocycles. The zero-order valence-corrected chi connectivity index (χ0v) is 14.1. The molecule has 1 aliphatic rings. The summed E-state index contributed by atoms with van der Waals surface area (Å²) in [6.45, 7) is 10.3. The normalized spacial score (nSPS) is 16.9. The molecule has 1 atom stereocenters. The largest absolute Gasteiger partial charge is 0.344 e. The summed E-state index contributed by atoms with van der Waals surface area (Å²) in [7, 11) is 1.98. The van der Waals surface area contributed by atoms with E-state index in [1.807, 2.05) is 18.0 Å². The summed E-state index contributed by atoms with van der Waals surface area (Å²) >= 11 is 0. The van der Waals surface area contributed by atoms with E-state index in [1.54, 1.807) is 0 Å². The molecule has 0 saturated carbocycles. The molecule has 0 aromatic heterocycles. The molecule has 0 N–H and O–H groups in total. The van der Waals surface area contributed by atoms with Crippen LogP contribution in [0.5, 0.6) is 0 Å². The zero-order chi connectivity index (χ0) is 15.5. The van der Waals surface area contributed by atoms with Crippen LogP contribution in [0.25, 0.3) is 0 Å². The summed E-state index contributed by atoms with van der Waals surface area (Å²) in [6, 6.07) is 0. The SMILES string of the molecule is C=CCCCC[C@H](CCC)C(=O)N(C)CCN1CCCC1. The van der Waals surface area contributed by atoms with Crippen LogP contribution >= 0.6 is 0 Å². The molecule has 1 fully saturated rings. The maximum Gasteiger partial charge on any atom is 0.225 e. The summed E-state index contributed by atoms with van der Waals surface area (Å²) < 4.78 is 0. The van der Waals surface area contributed by atoms with Crippen molar-refractivity contribution in [3.8, 4) is 0 Å². The second-order valence-electron chi connectivity index (χ2n) is 6.37. The van der Waals surface area contributed by atoms with Crippen molar-refractivity contribution in [2.24, 2.45) is 5.92 Å². The van der Waals surface area contributed by atoms with E-state index in [0.717, 1.165) is 51.6 Å². The van der Waals surface area contributed by atoms with Gasteiger partial charge in [0.15, 0.2) is 0 Å². The number of amides is 1. The van der Waals surface area contributed by atoms with Gasteiger partial charge in [-0.1, -0.05) is 25.8 Å². The molecule has 0 aliphatic carbocycles. The molecule has 3 nitrogen and oxygen atoms in total. The van der Waals surface area contributed by atoms with Gasteiger partial charge in [0.05, 0.1) is 0 Å². The highest BCUT2D eigenvalue weighted by Crippen LogP contribution is 2.18. The van der Waals surface area contributed by atoms with Gasteiger partial charge in [0.1, 0.15) is 0 Å². The molecule has 1 amide bonds. The molecule has 0 aromatic rings. The highest BCUT2D eigenvalue weighted by molar-refractivity contribution is 5.78. The van der Waals surface area contributed by atoms with Gasteiger partial charge in [-0.3, -0.25) is 4.79 Å². The van der Waals surface area contributed by atoms with Crippen molar-refractivity contribution in [3.63, 3.8) is 0 Å². The summed E-state index contributed by atoms with van der Waals surface area (Å²) in [5.74, 6) is 0.582. The van der Waals surface area contributed by atoms with Crippen LogP contribution in [0.15, 0.2) is 12.7 Å². The predicted molar refractivity (Wildman–Crippen MR) is 90.4 cm³/mol. The smallest absolute Gasteiger partial charge is 0.225 e. The Balaban J connectivity index is 2.32. The van der Waals surface area contributed by atoms with E-state index in [4.69, 9.17) is 0 Å². The van der Waals surface area contributed by atoms with Crippen molar-refractivity contribution in [1.29, 1.82) is 0 Å². The molecule has 0 bridgehead atoms. The number of allylic oxidation sites excluding steroid dienone is 1. The Morgan fingerprint density at radius 1 is 1.29 bits per heavy atom. The third-order valence-corrected chi connectivity index (χ3v) is 4.52. The fraction of sp³-hybridized carbons (Fsp3) is 0.833. The van der Waals surface area contributed by atoms with E-state index in [-0.39, 0.29) is 5.92 Å². The lowest BCUT2D eigenvalue weighted by molar-refractivity contribution is -0.134. The van der Waals surface area contributed by atoms with Gasteiger partial charge in [0.25, 0.3) is 0 Å². The first-order chi connectivity index (χ1) is 10.2. The Bertz CT molecular complexity index is 298. The number of likely N-dealkylation sites (tertiary alicyclic amines) is 1. The lowest BCUT2D eigenvalue weighted by atomic mass is 9.95. The summed E-state index contributed by atoms with van der Waals surface area (Å²) in [5.41, 5.74) is 0. The van der Waals surface area contributed by atoms with Crippen LogP contribution in [0.4, 0.5) is 0 Å². The van der Waals surface area contributed by atoms with E-state index in [9.17, 15) is 4.79 Å². The minimum atomic E-state index is 0.225. The highest BCUT2D eigenvalue weighted by atomic mass is 16.2. The Kier molecular flexibility index (Phi) is 9.40. The molecular formula is C18H34N2O.